The number of thiophene rings is 1. The van der Waals surface area contributed by atoms with Gasteiger partial charge >= 0.3 is 0 Å². The van der Waals surface area contributed by atoms with Crippen molar-refractivity contribution in [2.24, 2.45) is 0 Å². The zero-order valence-corrected chi connectivity index (χ0v) is 13.7. The maximum Gasteiger partial charge on any atom is 0.233 e. The summed E-state index contributed by atoms with van der Waals surface area (Å²) in [5.41, 5.74) is 0. The van der Waals surface area contributed by atoms with Gasteiger partial charge in [0.1, 0.15) is 0 Å². The maximum absolute atomic E-state index is 9.46. The van der Waals surface area contributed by atoms with Gasteiger partial charge in [0, 0.05) is 4.88 Å². The third-order valence-electron chi connectivity index (χ3n) is 3.06. The van der Waals surface area contributed by atoms with E-state index in [0.717, 1.165) is 25.7 Å². The van der Waals surface area contributed by atoms with Crippen LogP contribution in [0.15, 0.2) is 17.5 Å². The van der Waals surface area contributed by atoms with Crippen LogP contribution in [0.4, 0.5) is 0 Å². The Morgan fingerprint density at radius 3 is 2.50 bits per heavy atom. The minimum absolute atomic E-state index is 0.0900. The lowest BCUT2D eigenvalue weighted by Gasteiger charge is -2.32. The van der Waals surface area contributed by atoms with Crippen LogP contribution in [0, 0.1) is 0 Å². The Bertz CT molecular complexity index is 317. The molecule has 0 aromatic carbocycles. The van der Waals surface area contributed by atoms with Crippen molar-refractivity contribution in [3.8, 4) is 0 Å². The molecule has 1 aromatic heterocycles. The van der Waals surface area contributed by atoms with Crippen molar-refractivity contribution in [2.75, 3.05) is 0 Å². The highest BCUT2D eigenvalue weighted by Gasteiger charge is 2.35. The molecule has 104 valence electrons. The quantitative estimate of drug-likeness (QED) is 0.482. The molecule has 0 aliphatic rings. The van der Waals surface area contributed by atoms with E-state index in [0.29, 0.717) is 0 Å². The van der Waals surface area contributed by atoms with Crippen LogP contribution in [0.2, 0.25) is 0 Å². The van der Waals surface area contributed by atoms with Crippen LogP contribution in [0.1, 0.15) is 57.2 Å². The molecule has 0 fully saturated rings. The number of hydrogen-bond acceptors (Lipinski definition) is 4. The molecule has 2 N–H and O–H groups in total. The second kappa shape index (κ2) is 8.55. The van der Waals surface area contributed by atoms with Crippen molar-refractivity contribution in [2.45, 2.75) is 57.1 Å². The standard InChI is InChI=1S/C13H23O2PS2/c1-3-5-6-10-13(9-4-2,18-16(14)15)12-8-7-11-17-12/h7-8,11,14-15H,3-6,9-10H2,1-2H3. The van der Waals surface area contributed by atoms with Gasteiger partial charge in [0.05, 0.1) is 4.75 Å². The Balaban J connectivity index is 2.86. The van der Waals surface area contributed by atoms with Crippen molar-refractivity contribution in [1.82, 2.24) is 0 Å². The molecule has 0 saturated carbocycles. The van der Waals surface area contributed by atoms with Crippen molar-refractivity contribution >= 4 is 30.3 Å². The second-order valence-corrected chi connectivity index (χ2v) is 8.47. The van der Waals surface area contributed by atoms with Gasteiger partial charge in [-0.2, -0.15) is 0 Å². The van der Waals surface area contributed by atoms with E-state index >= 15 is 0 Å². The first-order chi connectivity index (χ1) is 8.64. The summed E-state index contributed by atoms with van der Waals surface area (Å²) in [4.78, 5) is 20.2. The average Bonchev–Trinajstić information content (AvgIpc) is 2.82. The van der Waals surface area contributed by atoms with Crippen LogP contribution >= 0.6 is 30.3 Å². The smallest absolute Gasteiger partial charge is 0.233 e. The Morgan fingerprint density at radius 2 is 2.00 bits per heavy atom. The maximum atomic E-state index is 9.46. The lowest BCUT2D eigenvalue weighted by atomic mass is 9.94. The van der Waals surface area contributed by atoms with Crippen LogP contribution in [0.25, 0.3) is 0 Å². The second-order valence-electron chi connectivity index (χ2n) is 4.52. The molecule has 2 nitrogen and oxygen atoms in total. The summed E-state index contributed by atoms with van der Waals surface area (Å²) in [5.74, 6) is 0. The fourth-order valence-electron chi connectivity index (χ4n) is 2.27. The third kappa shape index (κ3) is 4.82. The molecule has 1 aromatic rings. The Morgan fingerprint density at radius 1 is 1.22 bits per heavy atom. The first-order valence-electron chi connectivity index (χ1n) is 6.55. The lowest BCUT2D eigenvalue weighted by Crippen LogP contribution is -2.20. The Labute approximate surface area is 119 Å². The molecular formula is C13H23O2PS2. The van der Waals surface area contributed by atoms with Crippen LogP contribution in [0.3, 0.4) is 0 Å². The highest BCUT2D eigenvalue weighted by Crippen LogP contribution is 2.59. The summed E-state index contributed by atoms with van der Waals surface area (Å²) in [7, 11) is -1.90. The lowest BCUT2D eigenvalue weighted by molar-refractivity contribution is 0.483. The van der Waals surface area contributed by atoms with Gasteiger partial charge in [0.15, 0.2) is 0 Å². The predicted octanol–water partition coefficient (Wildman–Crippen LogP) is 5.27. The van der Waals surface area contributed by atoms with E-state index < -0.39 is 7.58 Å². The highest BCUT2D eigenvalue weighted by molar-refractivity contribution is 8.52. The fraction of sp³-hybridized carbons (Fsp3) is 0.692. The van der Waals surface area contributed by atoms with Gasteiger partial charge in [-0.25, -0.2) is 0 Å². The summed E-state index contributed by atoms with van der Waals surface area (Å²) in [6.45, 7) is 4.37. The SMILES string of the molecule is CCCCCC(CCC)(SP(O)O)c1cccs1. The first-order valence-corrected chi connectivity index (χ1v) is 10.1. The molecule has 0 spiro atoms. The van der Waals surface area contributed by atoms with Crippen LogP contribution in [0.5, 0.6) is 0 Å². The zero-order valence-electron chi connectivity index (χ0n) is 11.1. The molecule has 0 radical (unpaired) electrons. The van der Waals surface area contributed by atoms with E-state index in [1.165, 1.54) is 29.1 Å². The molecule has 1 unspecified atom stereocenters. The van der Waals surface area contributed by atoms with Crippen molar-refractivity contribution in [1.29, 1.82) is 0 Å². The fourth-order valence-corrected chi connectivity index (χ4v) is 6.38. The highest BCUT2D eigenvalue weighted by atomic mass is 32.7. The van der Waals surface area contributed by atoms with Gasteiger partial charge in [-0.05, 0) is 24.3 Å². The number of hydrogen-bond donors (Lipinski definition) is 2. The predicted molar refractivity (Wildman–Crippen MR) is 84.0 cm³/mol. The average molecular weight is 306 g/mol. The van der Waals surface area contributed by atoms with E-state index in [9.17, 15) is 9.79 Å². The molecule has 0 aliphatic heterocycles. The summed E-state index contributed by atoms with van der Waals surface area (Å²) in [6.07, 6.45) is 6.70. The largest absolute Gasteiger partial charge is 0.342 e. The zero-order chi connectivity index (χ0) is 13.4. The third-order valence-corrected chi connectivity index (χ3v) is 6.95. The molecule has 1 atom stereocenters. The van der Waals surface area contributed by atoms with Crippen LogP contribution < -0.4 is 0 Å². The van der Waals surface area contributed by atoms with Crippen molar-refractivity contribution in [3.63, 3.8) is 0 Å². The van der Waals surface area contributed by atoms with Gasteiger partial charge in [-0.3, -0.25) is 0 Å². The molecule has 18 heavy (non-hydrogen) atoms. The molecular weight excluding hydrogens is 283 g/mol. The van der Waals surface area contributed by atoms with Gasteiger partial charge in [-0.1, -0.05) is 57.0 Å². The molecule has 1 rings (SSSR count). The number of rotatable bonds is 9. The molecule has 0 saturated heterocycles. The van der Waals surface area contributed by atoms with Crippen molar-refractivity contribution < 1.29 is 9.79 Å². The Hall–Kier alpha value is 0.400. The van der Waals surface area contributed by atoms with Crippen LogP contribution in [-0.2, 0) is 4.75 Å². The molecule has 0 bridgehead atoms. The minimum Gasteiger partial charge on any atom is -0.342 e. The summed E-state index contributed by atoms with van der Waals surface area (Å²) < 4.78 is -0.0900. The molecule has 1 heterocycles. The van der Waals surface area contributed by atoms with Gasteiger partial charge in [0.25, 0.3) is 0 Å². The van der Waals surface area contributed by atoms with Crippen molar-refractivity contribution in [3.05, 3.63) is 22.4 Å². The van der Waals surface area contributed by atoms with E-state index in [2.05, 4.69) is 31.4 Å². The number of unbranched alkanes of at least 4 members (excludes halogenated alkanes) is 2. The van der Waals surface area contributed by atoms with Gasteiger partial charge < -0.3 is 9.79 Å². The topological polar surface area (TPSA) is 40.5 Å². The van der Waals surface area contributed by atoms with Gasteiger partial charge in [-0.15, -0.1) is 11.3 Å². The van der Waals surface area contributed by atoms with E-state index in [4.69, 9.17) is 0 Å². The van der Waals surface area contributed by atoms with E-state index in [1.54, 1.807) is 11.3 Å². The van der Waals surface area contributed by atoms with Gasteiger partial charge in [0.2, 0.25) is 7.58 Å². The minimum atomic E-state index is -1.90. The Kier molecular flexibility index (Phi) is 7.81. The van der Waals surface area contributed by atoms with E-state index in [1.807, 2.05) is 0 Å². The van der Waals surface area contributed by atoms with E-state index in [-0.39, 0.29) is 4.75 Å². The summed E-state index contributed by atoms with van der Waals surface area (Å²) >= 11 is 3.10. The first kappa shape index (κ1) is 16.5. The van der Waals surface area contributed by atoms with Crippen LogP contribution in [-0.4, -0.2) is 9.79 Å². The normalized spacial score (nSPS) is 14.9. The summed E-state index contributed by atoms with van der Waals surface area (Å²) in [5, 5.41) is 2.08. The molecule has 0 aliphatic carbocycles. The molecule has 5 heteroatoms. The molecule has 0 amide bonds. The monoisotopic (exact) mass is 306 g/mol. The summed E-state index contributed by atoms with van der Waals surface area (Å²) in [6, 6.07) is 4.19.